The van der Waals surface area contributed by atoms with Crippen LogP contribution in [0.1, 0.15) is 23.7 Å². The van der Waals surface area contributed by atoms with Crippen molar-refractivity contribution in [2.75, 3.05) is 6.54 Å². The minimum absolute atomic E-state index is 0.446. The molecule has 0 spiro atoms. The average molecular weight is 254 g/mol. The summed E-state index contributed by atoms with van der Waals surface area (Å²) < 4.78 is 0. The summed E-state index contributed by atoms with van der Waals surface area (Å²) >= 11 is 0. The van der Waals surface area contributed by atoms with Crippen molar-refractivity contribution in [2.24, 2.45) is 0 Å². The molecule has 100 valence electrons. The first-order chi connectivity index (χ1) is 9.28. The van der Waals surface area contributed by atoms with Crippen molar-refractivity contribution in [1.82, 2.24) is 10.3 Å². The Morgan fingerprint density at radius 3 is 2.68 bits per heavy atom. The number of pyridine rings is 1. The summed E-state index contributed by atoms with van der Waals surface area (Å²) in [6.07, 6.45) is 3.89. The van der Waals surface area contributed by atoms with Gasteiger partial charge in [0.05, 0.1) is 0 Å². The third-order valence-electron chi connectivity index (χ3n) is 3.24. The Bertz CT molecular complexity index is 494. The van der Waals surface area contributed by atoms with Crippen molar-refractivity contribution >= 4 is 0 Å². The molecule has 1 N–H and O–H groups in total. The first kappa shape index (κ1) is 13.8. The van der Waals surface area contributed by atoms with E-state index in [0.717, 1.165) is 25.1 Å². The molecule has 2 nitrogen and oxygen atoms in total. The van der Waals surface area contributed by atoms with Gasteiger partial charge in [-0.2, -0.15) is 0 Å². The van der Waals surface area contributed by atoms with Gasteiger partial charge in [-0.05, 0) is 37.6 Å². The summed E-state index contributed by atoms with van der Waals surface area (Å²) in [4.78, 5) is 4.42. The Balaban J connectivity index is 2.04. The van der Waals surface area contributed by atoms with Crippen LogP contribution in [0.15, 0.2) is 48.7 Å². The molecular weight excluding hydrogens is 232 g/mol. The van der Waals surface area contributed by atoms with Gasteiger partial charge in [-0.25, -0.2) is 0 Å². The largest absolute Gasteiger partial charge is 0.314 e. The number of aromatic nitrogens is 1. The zero-order valence-corrected chi connectivity index (χ0v) is 11.8. The predicted octanol–water partition coefficient (Wildman–Crippen LogP) is 3.15. The maximum absolute atomic E-state index is 4.42. The van der Waals surface area contributed by atoms with Gasteiger partial charge in [0.15, 0.2) is 0 Å². The molecule has 0 fully saturated rings. The molecule has 1 atom stereocenters. The lowest BCUT2D eigenvalue weighted by Crippen LogP contribution is -2.33. The second kappa shape index (κ2) is 7.05. The Morgan fingerprint density at radius 2 is 2.00 bits per heavy atom. The molecular formula is C17H22N2. The zero-order chi connectivity index (χ0) is 13.5. The van der Waals surface area contributed by atoms with Crippen LogP contribution in [0, 0.1) is 6.92 Å². The lowest BCUT2D eigenvalue weighted by atomic mass is 10.00. The van der Waals surface area contributed by atoms with Gasteiger partial charge in [-0.15, -0.1) is 0 Å². The molecule has 0 aliphatic rings. The maximum atomic E-state index is 4.42. The Hall–Kier alpha value is -1.67. The molecule has 0 aliphatic heterocycles. The highest BCUT2D eigenvalue weighted by molar-refractivity contribution is 5.23. The number of nitrogens with zero attached hydrogens (tertiary/aromatic N) is 1. The van der Waals surface area contributed by atoms with Crippen LogP contribution in [0.2, 0.25) is 0 Å². The summed E-state index contributed by atoms with van der Waals surface area (Å²) in [5, 5.41) is 3.56. The normalized spacial score (nSPS) is 12.3. The summed E-state index contributed by atoms with van der Waals surface area (Å²) in [6.45, 7) is 5.29. The second-order valence-electron chi connectivity index (χ2n) is 4.97. The Labute approximate surface area is 115 Å². The van der Waals surface area contributed by atoms with Gasteiger partial charge < -0.3 is 5.32 Å². The van der Waals surface area contributed by atoms with Gasteiger partial charge in [0.2, 0.25) is 0 Å². The number of hydrogen-bond donors (Lipinski definition) is 1. The van der Waals surface area contributed by atoms with Crippen molar-refractivity contribution in [2.45, 2.75) is 32.7 Å². The molecule has 2 rings (SSSR count). The molecule has 19 heavy (non-hydrogen) atoms. The highest BCUT2D eigenvalue weighted by Crippen LogP contribution is 2.10. The van der Waals surface area contributed by atoms with Gasteiger partial charge in [0.1, 0.15) is 0 Å². The number of benzene rings is 1. The van der Waals surface area contributed by atoms with Gasteiger partial charge in [-0.3, -0.25) is 4.98 Å². The van der Waals surface area contributed by atoms with Crippen LogP contribution in [0.25, 0.3) is 0 Å². The van der Waals surface area contributed by atoms with Crippen LogP contribution in [0.5, 0.6) is 0 Å². The van der Waals surface area contributed by atoms with E-state index in [-0.39, 0.29) is 0 Å². The number of likely N-dealkylation sites (N-methyl/N-ethyl adjacent to an activating group) is 1. The Morgan fingerprint density at radius 1 is 1.11 bits per heavy atom. The third kappa shape index (κ3) is 4.49. The topological polar surface area (TPSA) is 24.9 Å². The molecule has 0 saturated carbocycles. The first-order valence-electron chi connectivity index (χ1n) is 6.96. The van der Waals surface area contributed by atoms with E-state index in [1.165, 1.54) is 11.1 Å². The predicted molar refractivity (Wildman–Crippen MR) is 80.3 cm³/mol. The van der Waals surface area contributed by atoms with Crippen molar-refractivity contribution in [1.29, 1.82) is 0 Å². The molecule has 2 aromatic rings. The van der Waals surface area contributed by atoms with Crippen molar-refractivity contribution in [3.63, 3.8) is 0 Å². The summed E-state index contributed by atoms with van der Waals surface area (Å²) in [5.41, 5.74) is 3.87. The van der Waals surface area contributed by atoms with Crippen LogP contribution >= 0.6 is 0 Å². The smallest absolute Gasteiger partial charge is 0.0419 e. The fourth-order valence-electron chi connectivity index (χ4n) is 2.40. The minimum atomic E-state index is 0.446. The number of rotatable bonds is 6. The standard InChI is InChI=1S/C17H22N2/c1-3-18-17(13-16-9-4-5-10-19-16)12-15-8-6-7-14(2)11-15/h4-11,17-18H,3,12-13H2,1-2H3. The van der Waals surface area contributed by atoms with E-state index in [2.05, 4.69) is 60.5 Å². The van der Waals surface area contributed by atoms with E-state index in [4.69, 9.17) is 0 Å². The lowest BCUT2D eigenvalue weighted by Gasteiger charge is -2.18. The molecule has 0 radical (unpaired) electrons. The molecule has 0 saturated heterocycles. The second-order valence-corrected chi connectivity index (χ2v) is 4.97. The van der Waals surface area contributed by atoms with Crippen LogP contribution in [0.3, 0.4) is 0 Å². The fourth-order valence-corrected chi connectivity index (χ4v) is 2.40. The highest BCUT2D eigenvalue weighted by atomic mass is 14.9. The van der Waals surface area contributed by atoms with Crippen molar-refractivity contribution in [3.8, 4) is 0 Å². The van der Waals surface area contributed by atoms with E-state index in [1.807, 2.05) is 12.3 Å². The van der Waals surface area contributed by atoms with Gasteiger partial charge >= 0.3 is 0 Å². The van der Waals surface area contributed by atoms with E-state index >= 15 is 0 Å². The fraction of sp³-hybridized carbons (Fsp3) is 0.353. The first-order valence-corrected chi connectivity index (χ1v) is 6.96. The molecule has 1 aromatic carbocycles. The van der Waals surface area contributed by atoms with Gasteiger partial charge in [0, 0.05) is 24.4 Å². The lowest BCUT2D eigenvalue weighted by molar-refractivity contribution is 0.516. The average Bonchev–Trinajstić information content (AvgIpc) is 2.40. The van der Waals surface area contributed by atoms with Crippen molar-refractivity contribution in [3.05, 3.63) is 65.5 Å². The van der Waals surface area contributed by atoms with Gasteiger partial charge in [-0.1, -0.05) is 42.8 Å². The van der Waals surface area contributed by atoms with Gasteiger partial charge in [0.25, 0.3) is 0 Å². The molecule has 1 aromatic heterocycles. The van der Waals surface area contributed by atoms with Crippen LogP contribution in [0.4, 0.5) is 0 Å². The van der Waals surface area contributed by atoms with E-state index in [1.54, 1.807) is 0 Å². The number of hydrogen-bond acceptors (Lipinski definition) is 2. The summed E-state index contributed by atoms with van der Waals surface area (Å²) in [6, 6.07) is 15.3. The molecule has 1 heterocycles. The number of aryl methyl sites for hydroxylation is 1. The maximum Gasteiger partial charge on any atom is 0.0419 e. The SMILES string of the molecule is CCNC(Cc1cccc(C)c1)Cc1ccccn1. The molecule has 0 amide bonds. The monoisotopic (exact) mass is 254 g/mol. The third-order valence-corrected chi connectivity index (χ3v) is 3.24. The van der Waals surface area contributed by atoms with Crippen LogP contribution < -0.4 is 5.32 Å². The number of nitrogens with one attached hydrogen (secondary N) is 1. The summed E-state index contributed by atoms with van der Waals surface area (Å²) in [5.74, 6) is 0. The highest BCUT2D eigenvalue weighted by Gasteiger charge is 2.10. The van der Waals surface area contributed by atoms with Crippen molar-refractivity contribution < 1.29 is 0 Å². The molecule has 0 bridgehead atoms. The molecule has 2 heteroatoms. The van der Waals surface area contributed by atoms with E-state index in [0.29, 0.717) is 6.04 Å². The molecule has 0 aliphatic carbocycles. The molecule has 1 unspecified atom stereocenters. The zero-order valence-electron chi connectivity index (χ0n) is 11.8. The van der Waals surface area contributed by atoms with E-state index in [9.17, 15) is 0 Å². The minimum Gasteiger partial charge on any atom is -0.314 e. The van der Waals surface area contributed by atoms with Crippen LogP contribution in [-0.4, -0.2) is 17.6 Å². The quantitative estimate of drug-likeness (QED) is 0.856. The summed E-state index contributed by atoms with van der Waals surface area (Å²) in [7, 11) is 0. The van der Waals surface area contributed by atoms with E-state index < -0.39 is 0 Å². The van der Waals surface area contributed by atoms with Crippen LogP contribution in [-0.2, 0) is 12.8 Å². The Kier molecular flexibility index (Phi) is 5.10.